The number of carbonyl (C=O) groups is 1. The van der Waals surface area contributed by atoms with Gasteiger partial charge >= 0.3 is 18.3 Å². The molecule has 5 nitrogen and oxygen atoms in total. The van der Waals surface area contributed by atoms with Crippen molar-refractivity contribution in [3.63, 3.8) is 0 Å². The molecule has 2 heterocycles. The number of benzene rings is 1. The topological polar surface area (TPSA) is 58.1 Å². The smallest absolute Gasteiger partial charge is 0.353 e. The van der Waals surface area contributed by atoms with Gasteiger partial charge in [-0.05, 0) is 36.2 Å². The first-order valence-corrected chi connectivity index (χ1v) is 8.74. The molecule has 0 aliphatic carbocycles. The van der Waals surface area contributed by atoms with Gasteiger partial charge in [0, 0.05) is 19.0 Å². The second kappa shape index (κ2) is 8.07. The molecule has 0 radical (unpaired) electrons. The standard InChI is InChI=1S/C18H15F7N4O/c19-11-3-1-10(2-4-11)12-7-8-29(9-13(12)26-16(30)18(23,24)25)15-6-5-14(27-28-15)17(20,21)22/h1-6,12-13H,7-9H2,(H,26,30). The predicted molar refractivity (Wildman–Crippen MR) is 91.0 cm³/mol. The first-order valence-electron chi connectivity index (χ1n) is 8.74. The Balaban J connectivity index is 1.83. The van der Waals surface area contributed by atoms with E-state index in [1.54, 1.807) is 0 Å². The van der Waals surface area contributed by atoms with E-state index < -0.39 is 41.7 Å². The molecular formula is C18H15F7N4O. The van der Waals surface area contributed by atoms with Gasteiger partial charge in [0.2, 0.25) is 0 Å². The highest BCUT2D eigenvalue weighted by Gasteiger charge is 2.42. The van der Waals surface area contributed by atoms with Crippen molar-refractivity contribution in [2.24, 2.45) is 0 Å². The summed E-state index contributed by atoms with van der Waals surface area (Å²) in [4.78, 5) is 12.9. The van der Waals surface area contributed by atoms with E-state index >= 15 is 0 Å². The summed E-state index contributed by atoms with van der Waals surface area (Å²) in [5, 5.41) is 8.55. The number of aromatic nitrogens is 2. The van der Waals surface area contributed by atoms with E-state index in [0.29, 0.717) is 5.56 Å². The molecule has 2 unspecified atom stereocenters. The van der Waals surface area contributed by atoms with Gasteiger partial charge in [-0.25, -0.2) is 4.39 Å². The Morgan fingerprint density at radius 3 is 2.20 bits per heavy atom. The lowest BCUT2D eigenvalue weighted by molar-refractivity contribution is -0.174. The molecule has 1 aliphatic heterocycles. The van der Waals surface area contributed by atoms with Gasteiger partial charge in [-0.1, -0.05) is 12.1 Å². The zero-order chi connectivity index (χ0) is 22.1. The van der Waals surface area contributed by atoms with Crippen LogP contribution < -0.4 is 10.2 Å². The fourth-order valence-electron chi connectivity index (χ4n) is 3.31. The van der Waals surface area contributed by atoms with Crippen molar-refractivity contribution in [1.82, 2.24) is 15.5 Å². The van der Waals surface area contributed by atoms with Gasteiger partial charge < -0.3 is 10.2 Å². The number of alkyl halides is 6. The number of nitrogens with one attached hydrogen (secondary N) is 1. The first kappa shape index (κ1) is 21.8. The molecule has 162 valence electrons. The molecule has 1 N–H and O–H groups in total. The van der Waals surface area contributed by atoms with Crippen LogP contribution >= 0.6 is 0 Å². The third-order valence-electron chi connectivity index (χ3n) is 4.75. The summed E-state index contributed by atoms with van der Waals surface area (Å²) in [5.41, 5.74) is -0.670. The number of amides is 1. The van der Waals surface area contributed by atoms with Gasteiger partial charge in [0.15, 0.2) is 11.5 Å². The SMILES string of the molecule is O=C(NC1CN(c2ccc(C(F)(F)F)nn2)CCC1c1ccc(F)cc1)C(F)(F)F. The van der Waals surface area contributed by atoms with Crippen LogP contribution in [0.4, 0.5) is 36.6 Å². The van der Waals surface area contributed by atoms with E-state index in [0.717, 1.165) is 24.3 Å². The third-order valence-corrected chi connectivity index (χ3v) is 4.75. The monoisotopic (exact) mass is 436 g/mol. The van der Waals surface area contributed by atoms with Crippen LogP contribution in [-0.2, 0) is 11.0 Å². The molecule has 0 saturated carbocycles. The van der Waals surface area contributed by atoms with Crippen LogP contribution in [0.2, 0.25) is 0 Å². The molecule has 1 aliphatic rings. The molecule has 1 saturated heterocycles. The number of carbonyl (C=O) groups excluding carboxylic acids is 1. The summed E-state index contributed by atoms with van der Waals surface area (Å²) in [6.45, 7) is 0.0877. The first-order chi connectivity index (χ1) is 13.9. The molecule has 2 aromatic rings. The van der Waals surface area contributed by atoms with E-state index in [1.807, 2.05) is 5.32 Å². The number of piperidine rings is 1. The van der Waals surface area contributed by atoms with Crippen molar-refractivity contribution in [2.75, 3.05) is 18.0 Å². The van der Waals surface area contributed by atoms with E-state index in [4.69, 9.17) is 0 Å². The second-order valence-corrected chi connectivity index (χ2v) is 6.74. The second-order valence-electron chi connectivity index (χ2n) is 6.74. The van der Waals surface area contributed by atoms with Gasteiger partial charge in [-0.15, -0.1) is 10.2 Å². The highest BCUT2D eigenvalue weighted by atomic mass is 19.4. The van der Waals surface area contributed by atoms with Crippen LogP contribution in [0.1, 0.15) is 23.6 Å². The van der Waals surface area contributed by atoms with Crippen LogP contribution in [0.25, 0.3) is 0 Å². The quantitative estimate of drug-likeness (QED) is 0.747. The van der Waals surface area contributed by atoms with Crippen molar-refractivity contribution < 1.29 is 35.5 Å². The highest BCUT2D eigenvalue weighted by molar-refractivity contribution is 5.82. The average molecular weight is 436 g/mol. The number of halogens is 7. The molecule has 1 aromatic heterocycles. The van der Waals surface area contributed by atoms with Crippen LogP contribution in [0.3, 0.4) is 0 Å². The molecule has 12 heteroatoms. The number of anilines is 1. The normalized spacial score (nSPS) is 20.2. The molecule has 1 fully saturated rings. The van der Waals surface area contributed by atoms with Crippen molar-refractivity contribution in [2.45, 2.75) is 30.7 Å². The van der Waals surface area contributed by atoms with Crippen LogP contribution in [0, 0.1) is 5.82 Å². The van der Waals surface area contributed by atoms with Crippen LogP contribution in [0.15, 0.2) is 36.4 Å². The van der Waals surface area contributed by atoms with Crippen molar-refractivity contribution in [1.29, 1.82) is 0 Å². The maximum absolute atomic E-state index is 13.2. The summed E-state index contributed by atoms with van der Waals surface area (Å²) >= 11 is 0. The lowest BCUT2D eigenvalue weighted by Crippen LogP contribution is -2.54. The molecule has 1 amide bonds. The highest BCUT2D eigenvalue weighted by Crippen LogP contribution is 2.32. The van der Waals surface area contributed by atoms with Crippen molar-refractivity contribution in [3.05, 3.63) is 53.5 Å². The molecule has 1 aromatic carbocycles. The van der Waals surface area contributed by atoms with Crippen LogP contribution in [0.5, 0.6) is 0 Å². The van der Waals surface area contributed by atoms with Crippen molar-refractivity contribution in [3.8, 4) is 0 Å². The lowest BCUT2D eigenvalue weighted by atomic mass is 9.85. The Morgan fingerprint density at radius 1 is 1.00 bits per heavy atom. The van der Waals surface area contributed by atoms with Crippen molar-refractivity contribution >= 4 is 11.7 Å². The molecule has 0 spiro atoms. The zero-order valence-electron chi connectivity index (χ0n) is 15.1. The van der Waals surface area contributed by atoms with Gasteiger partial charge in [0.05, 0.1) is 6.04 Å². The minimum absolute atomic E-state index is 0.0341. The molecule has 0 bridgehead atoms. The number of rotatable bonds is 3. The minimum atomic E-state index is -5.11. The largest absolute Gasteiger partial charge is 0.471 e. The summed E-state index contributed by atoms with van der Waals surface area (Å²) in [5.74, 6) is -3.19. The third kappa shape index (κ3) is 4.97. The fourth-order valence-corrected chi connectivity index (χ4v) is 3.31. The summed E-state index contributed by atoms with van der Waals surface area (Å²) in [6, 6.07) is 5.90. The summed E-state index contributed by atoms with van der Waals surface area (Å²) in [7, 11) is 0. The van der Waals surface area contributed by atoms with Gasteiger partial charge in [-0.2, -0.15) is 26.3 Å². The van der Waals surface area contributed by atoms with Gasteiger partial charge in [0.25, 0.3) is 0 Å². The van der Waals surface area contributed by atoms with Gasteiger partial charge in [-0.3, -0.25) is 4.79 Å². The van der Waals surface area contributed by atoms with E-state index in [9.17, 15) is 35.5 Å². The fraction of sp³-hybridized carbons (Fsp3) is 0.389. The van der Waals surface area contributed by atoms with Crippen LogP contribution in [-0.4, -0.2) is 41.4 Å². The lowest BCUT2D eigenvalue weighted by Gasteiger charge is -2.39. The number of hydrogen-bond donors (Lipinski definition) is 1. The molecule has 2 atom stereocenters. The maximum Gasteiger partial charge on any atom is 0.471 e. The Labute approximate surface area is 165 Å². The average Bonchev–Trinajstić information content (AvgIpc) is 2.67. The Bertz CT molecular complexity index is 881. The Kier molecular flexibility index (Phi) is 5.86. The Hall–Kier alpha value is -2.92. The molecule has 30 heavy (non-hydrogen) atoms. The number of nitrogens with zero attached hydrogens (tertiary/aromatic N) is 3. The zero-order valence-corrected chi connectivity index (χ0v) is 15.1. The van der Waals surface area contributed by atoms with E-state index in [2.05, 4.69) is 10.2 Å². The van der Waals surface area contributed by atoms with E-state index in [-0.39, 0.29) is 25.3 Å². The minimum Gasteiger partial charge on any atom is -0.353 e. The molecule has 3 rings (SSSR count). The maximum atomic E-state index is 13.2. The van der Waals surface area contributed by atoms with Gasteiger partial charge in [0.1, 0.15) is 5.82 Å². The predicted octanol–water partition coefficient (Wildman–Crippen LogP) is 3.68. The molecular weight excluding hydrogens is 421 g/mol. The Morgan fingerprint density at radius 2 is 1.67 bits per heavy atom. The summed E-state index contributed by atoms with van der Waals surface area (Å²) in [6.07, 6.45) is -9.54. The van der Waals surface area contributed by atoms with E-state index in [1.165, 1.54) is 17.0 Å². The summed E-state index contributed by atoms with van der Waals surface area (Å²) < 4.78 is 89.4. The number of hydrogen-bond acceptors (Lipinski definition) is 4.